The zero-order valence-electron chi connectivity index (χ0n) is 9.99. The fourth-order valence-corrected chi connectivity index (χ4v) is 1.88. The van der Waals surface area contributed by atoms with Gasteiger partial charge in [0.05, 0.1) is 5.52 Å². The van der Waals surface area contributed by atoms with E-state index in [1.54, 1.807) is 6.07 Å². The summed E-state index contributed by atoms with van der Waals surface area (Å²) >= 11 is 0. The van der Waals surface area contributed by atoms with Gasteiger partial charge in [-0.05, 0) is 38.0 Å². The zero-order valence-corrected chi connectivity index (χ0v) is 9.99. The van der Waals surface area contributed by atoms with E-state index >= 15 is 0 Å². The molecule has 0 saturated heterocycles. The van der Waals surface area contributed by atoms with Gasteiger partial charge >= 0.3 is 5.76 Å². The molecule has 0 spiro atoms. The first-order valence-electron chi connectivity index (χ1n) is 5.52. The van der Waals surface area contributed by atoms with E-state index in [2.05, 4.69) is 4.98 Å². The fraction of sp³-hybridized carbons (Fsp3) is 0.417. The van der Waals surface area contributed by atoms with Crippen molar-refractivity contribution in [2.45, 2.75) is 31.8 Å². The second kappa shape index (κ2) is 4.01. The van der Waals surface area contributed by atoms with Crippen molar-refractivity contribution in [1.82, 2.24) is 4.98 Å². The molecule has 5 nitrogen and oxygen atoms in total. The molecule has 2 aromatic rings. The first kappa shape index (κ1) is 11.9. The van der Waals surface area contributed by atoms with Gasteiger partial charge in [0, 0.05) is 11.6 Å². The molecule has 5 heteroatoms. The summed E-state index contributed by atoms with van der Waals surface area (Å²) in [5, 5.41) is 0. The molecule has 0 aliphatic heterocycles. The number of rotatable bonds is 3. The van der Waals surface area contributed by atoms with Crippen LogP contribution in [0.25, 0.3) is 11.1 Å². The van der Waals surface area contributed by atoms with Gasteiger partial charge in [-0.25, -0.2) is 4.79 Å². The SMILES string of the molecule is CC(C)(N)CC(N)c1ccc2oc(=O)[nH]c2c1. The van der Waals surface area contributed by atoms with Crippen molar-refractivity contribution in [3.63, 3.8) is 0 Å². The molecule has 92 valence electrons. The molecule has 0 aliphatic rings. The number of fused-ring (bicyclic) bond motifs is 1. The maximum atomic E-state index is 11.0. The van der Waals surface area contributed by atoms with Gasteiger partial charge < -0.3 is 15.9 Å². The highest BCUT2D eigenvalue weighted by atomic mass is 16.4. The van der Waals surface area contributed by atoms with Crippen molar-refractivity contribution in [3.8, 4) is 0 Å². The van der Waals surface area contributed by atoms with Gasteiger partial charge in [-0.3, -0.25) is 4.98 Å². The molecule has 0 fully saturated rings. The Bertz CT molecular complexity index is 577. The summed E-state index contributed by atoms with van der Waals surface area (Å²) in [7, 11) is 0. The molecular formula is C12H17N3O2. The highest BCUT2D eigenvalue weighted by Crippen LogP contribution is 2.22. The van der Waals surface area contributed by atoms with Crippen LogP contribution in [0.1, 0.15) is 31.9 Å². The number of nitrogens with two attached hydrogens (primary N) is 2. The van der Waals surface area contributed by atoms with Crippen LogP contribution >= 0.6 is 0 Å². The molecule has 17 heavy (non-hydrogen) atoms. The molecule has 0 amide bonds. The van der Waals surface area contributed by atoms with Crippen LogP contribution in [0.2, 0.25) is 0 Å². The van der Waals surface area contributed by atoms with Crippen LogP contribution in [0, 0.1) is 0 Å². The van der Waals surface area contributed by atoms with Gasteiger partial charge in [-0.15, -0.1) is 0 Å². The van der Waals surface area contributed by atoms with Crippen LogP contribution in [0.3, 0.4) is 0 Å². The topological polar surface area (TPSA) is 98.0 Å². The number of aromatic nitrogens is 1. The number of hydrogen-bond donors (Lipinski definition) is 3. The van der Waals surface area contributed by atoms with Gasteiger partial charge in [0.1, 0.15) is 0 Å². The van der Waals surface area contributed by atoms with E-state index in [9.17, 15) is 4.79 Å². The van der Waals surface area contributed by atoms with Gasteiger partial charge in [-0.1, -0.05) is 6.07 Å². The van der Waals surface area contributed by atoms with Crippen LogP contribution in [0.15, 0.2) is 27.4 Å². The minimum absolute atomic E-state index is 0.155. The molecule has 1 heterocycles. The Morgan fingerprint density at radius 1 is 1.47 bits per heavy atom. The second-order valence-corrected chi connectivity index (χ2v) is 5.07. The standard InChI is InChI=1S/C12H17N3O2/c1-12(2,14)6-8(13)7-3-4-10-9(5-7)15-11(16)17-10/h3-5,8H,6,13-14H2,1-2H3,(H,15,16). The van der Waals surface area contributed by atoms with Crippen molar-refractivity contribution in [2.24, 2.45) is 11.5 Å². The van der Waals surface area contributed by atoms with Crippen LogP contribution in [0.5, 0.6) is 0 Å². The number of benzene rings is 1. The number of oxazole rings is 1. The molecule has 0 saturated carbocycles. The third-order valence-electron chi connectivity index (χ3n) is 2.62. The average molecular weight is 235 g/mol. The van der Waals surface area contributed by atoms with E-state index in [4.69, 9.17) is 15.9 Å². The Kier molecular flexibility index (Phi) is 2.81. The van der Waals surface area contributed by atoms with Crippen LogP contribution in [0.4, 0.5) is 0 Å². The largest absolute Gasteiger partial charge is 0.417 e. The van der Waals surface area contributed by atoms with Gasteiger partial charge in [0.15, 0.2) is 5.58 Å². The molecule has 2 rings (SSSR count). The lowest BCUT2D eigenvalue weighted by Crippen LogP contribution is -2.35. The Morgan fingerprint density at radius 3 is 2.82 bits per heavy atom. The van der Waals surface area contributed by atoms with E-state index in [1.165, 1.54) is 0 Å². The maximum absolute atomic E-state index is 11.0. The molecule has 1 aromatic heterocycles. The molecule has 1 unspecified atom stereocenters. The van der Waals surface area contributed by atoms with Gasteiger partial charge in [0.2, 0.25) is 0 Å². The molecule has 0 radical (unpaired) electrons. The van der Waals surface area contributed by atoms with Crippen LogP contribution in [-0.4, -0.2) is 10.5 Å². The average Bonchev–Trinajstić information content (AvgIpc) is 2.53. The maximum Gasteiger partial charge on any atom is 0.417 e. The minimum Gasteiger partial charge on any atom is -0.408 e. The molecule has 5 N–H and O–H groups in total. The first-order valence-corrected chi connectivity index (χ1v) is 5.52. The van der Waals surface area contributed by atoms with E-state index < -0.39 is 5.76 Å². The Morgan fingerprint density at radius 2 is 2.18 bits per heavy atom. The van der Waals surface area contributed by atoms with Gasteiger partial charge in [-0.2, -0.15) is 0 Å². The Hall–Kier alpha value is -1.59. The lowest BCUT2D eigenvalue weighted by molar-refractivity contribution is 0.429. The summed E-state index contributed by atoms with van der Waals surface area (Å²) in [5.74, 6) is -0.454. The molecule has 0 bridgehead atoms. The summed E-state index contributed by atoms with van der Waals surface area (Å²) in [4.78, 5) is 13.6. The van der Waals surface area contributed by atoms with Crippen LogP contribution < -0.4 is 17.2 Å². The predicted octanol–water partition coefficient (Wildman–Crippen LogP) is 1.25. The summed E-state index contributed by atoms with van der Waals surface area (Å²) in [6, 6.07) is 5.27. The molecule has 1 aromatic carbocycles. The highest BCUT2D eigenvalue weighted by Gasteiger charge is 2.18. The number of H-pyrrole nitrogens is 1. The third-order valence-corrected chi connectivity index (χ3v) is 2.62. The minimum atomic E-state index is -0.454. The Balaban J connectivity index is 2.32. The van der Waals surface area contributed by atoms with Crippen LogP contribution in [-0.2, 0) is 0 Å². The van der Waals surface area contributed by atoms with Crippen molar-refractivity contribution in [1.29, 1.82) is 0 Å². The number of hydrogen-bond acceptors (Lipinski definition) is 4. The summed E-state index contributed by atoms with van der Waals surface area (Å²) in [6.45, 7) is 3.87. The number of aromatic amines is 1. The Labute approximate surface area is 98.8 Å². The highest BCUT2D eigenvalue weighted by molar-refractivity contribution is 5.72. The van der Waals surface area contributed by atoms with Crippen molar-refractivity contribution in [3.05, 3.63) is 34.3 Å². The van der Waals surface area contributed by atoms with E-state index in [0.29, 0.717) is 17.5 Å². The van der Waals surface area contributed by atoms with Gasteiger partial charge in [0.25, 0.3) is 0 Å². The smallest absolute Gasteiger partial charge is 0.408 e. The second-order valence-electron chi connectivity index (χ2n) is 5.07. The van der Waals surface area contributed by atoms with Crippen molar-refractivity contribution in [2.75, 3.05) is 0 Å². The summed E-state index contributed by atoms with van der Waals surface area (Å²) in [5.41, 5.74) is 13.8. The van der Waals surface area contributed by atoms with Crippen molar-refractivity contribution < 1.29 is 4.42 Å². The fourth-order valence-electron chi connectivity index (χ4n) is 1.88. The number of nitrogens with one attached hydrogen (secondary N) is 1. The zero-order chi connectivity index (χ0) is 12.6. The van der Waals surface area contributed by atoms with E-state index in [1.807, 2.05) is 26.0 Å². The van der Waals surface area contributed by atoms with E-state index in [-0.39, 0.29) is 11.6 Å². The normalized spacial score (nSPS) is 14.1. The predicted molar refractivity (Wildman–Crippen MR) is 66.6 cm³/mol. The molecular weight excluding hydrogens is 218 g/mol. The van der Waals surface area contributed by atoms with Crippen molar-refractivity contribution >= 4 is 11.1 Å². The lowest BCUT2D eigenvalue weighted by atomic mass is 9.92. The first-order chi connectivity index (χ1) is 7.85. The monoisotopic (exact) mass is 235 g/mol. The molecule has 0 aliphatic carbocycles. The summed E-state index contributed by atoms with van der Waals surface area (Å²) in [6.07, 6.45) is 0.667. The molecule has 1 atom stereocenters. The van der Waals surface area contributed by atoms with E-state index in [0.717, 1.165) is 5.56 Å². The summed E-state index contributed by atoms with van der Waals surface area (Å²) < 4.78 is 4.93. The third kappa shape index (κ3) is 2.75. The quantitative estimate of drug-likeness (QED) is 0.745. The lowest BCUT2D eigenvalue weighted by Gasteiger charge is -2.23.